The standard InChI is InChI=1S/C12H10N2S/c1-9-4-2-3-5-11(9)15-12-7-6-10(8-13)14-12/h2-7,14H,1H3. The van der Waals surface area contributed by atoms with E-state index in [0.29, 0.717) is 5.69 Å². The maximum absolute atomic E-state index is 8.68. The summed E-state index contributed by atoms with van der Waals surface area (Å²) >= 11 is 1.64. The fourth-order valence-electron chi connectivity index (χ4n) is 1.29. The van der Waals surface area contributed by atoms with Gasteiger partial charge in [0.25, 0.3) is 0 Å². The van der Waals surface area contributed by atoms with Gasteiger partial charge in [-0.05, 0) is 30.7 Å². The average Bonchev–Trinajstić information content (AvgIpc) is 2.69. The fraction of sp³-hybridized carbons (Fsp3) is 0.0833. The minimum absolute atomic E-state index is 0.603. The number of hydrogen-bond acceptors (Lipinski definition) is 2. The van der Waals surface area contributed by atoms with Gasteiger partial charge in [-0.25, -0.2) is 0 Å². The van der Waals surface area contributed by atoms with E-state index < -0.39 is 0 Å². The van der Waals surface area contributed by atoms with Crippen LogP contribution in [0.3, 0.4) is 0 Å². The SMILES string of the molecule is Cc1ccccc1Sc1ccc(C#N)[nH]1. The van der Waals surface area contributed by atoms with Crippen LogP contribution in [0.2, 0.25) is 0 Å². The predicted octanol–water partition coefficient (Wildman–Crippen LogP) is 3.35. The molecule has 0 unspecified atom stereocenters. The lowest BCUT2D eigenvalue weighted by molar-refractivity contribution is 1.16. The Balaban J connectivity index is 2.23. The molecule has 3 heteroatoms. The molecule has 0 aliphatic rings. The predicted molar refractivity (Wildman–Crippen MR) is 60.8 cm³/mol. The van der Waals surface area contributed by atoms with Crippen LogP contribution in [0, 0.1) is 18.3 Å². The molecule has 2 nitrogen and oxygen atoms in total. The summed E-state index contributed by atoms with van der Waals surface area (Å²) in [4.78, 5) is 4.25. The minimum Gasteiger partial charge on any atom is -0.341 e. The molecule has 1 aromatic carbocycles. The van der Waals surface area contributed by atoms with Crippen molar-refractivity contribution >= 4 is 11.8 Å². The molecule has 0 amide bonds. The second-order valence-corrected chi connectivity index (χ2v) is 4.30. The zero-order valence-electron chi connectivity index (χ0n) is 8.32. The number of nitrogens with one attached hydrogen (secondary N) is 1. The number of aromatic amines is 1. The van der Waals surface area contributed by atoms with Crippen LogP contribution in [-0.4, -0.2) is 4.98 Å². The molecule has 0 aliphatic heterocycles. The molecular weight excluding hydrogens is 204 g/mol. The lowest BCUT2D eigenvalue weighted by atomic mass is 10.2. The molecule has 0 radical (unpaired) electrons. The van der Waals surface area contributed by atoms with Gasteiger partial charge in [0.2, 0.25) is 0 Å². The third kappa shape index (κ3) is 2.23. The van der Waals surface area contributed by atoms with Crippen LogP contribution < -0.4 is 0 Å². The number of nitriles is 1. The second kappa shape index (κ2) is 4.24. The third-order valence-electron chi connectivity index (χ3n) is 2.09. The summed E-state index contributed by atoms with van der Waals surface area (Å²) < 4.78 is 0. The Labute approximate surface area is 92.9 Å². The van der Waals surface area contributed by atoms with Crippen LogP contribution in [0.25, 0.3) is 0 Å². The van der Waals surface area contributed by atoms with Crippen molar-refractivity contribution in [2.45, 2.75) is 16.8 Å². The monoisotopic (exact) mass is 214 g/mol. The van der Waals surface area contributed by atoms with Crippen molar-refractivity contribution in [1.82, 2.24) is 4.98 Å². The van der Waals surface area contributed by atoms with Crippen LogP contribution in [0.5, 0.6) is 0 Å². The van der Waals surface area contributed by atoms with Gasteiger partial charge in [0.05, 0.1) is 5.03 Å². The molecule has 2 rings (SSSR count). The Kier molecular flexibility index (Phi) is 2.79. The molecular formula is C12H10N2S. The van der Waals surface area contributed by atoms with Crippen molar-refractivity contribution in [3.8, 4) is 6.07 Å². The van der Waals surface area contributed by atoms with Gasteiger partial charge in [0.1, 0.15) is 11.8 Å². The highest BCUT2D eigenvalue weighted by atomic mass is 32.2. The summed E-state index contributed by atoms with van der Waals surface area (Å²) in [5, 5.41) is 9.68. The molecule has 0 saturated heterocycles. The highest BCUT2D eigenvalue weighted by molar-refractivity contribution is 7.99. The van der Waals surface area contributed by atoms with Gasteiger partial charge in [-0.1, -0.05) is 30.0 Å². The Morgan fingerprint density at radius 1 is 1.20 bits per heavy atom. The van der Waals surface area contributed by atoms with E-state index >= 15 is 0 Å². The molecule has 1 aromatic heterocycles. The maximum atomic E-state index is 8.68. The minimum atomic E-state index is 0.603. The first-order chi connectivity index (χ1) is 7.29. The van der Waals surface area contributed by atoms with E-state index in [2.05, 4.69) is 30.1 Å². The van der Waals surface area contributed by atoms with Gasteiger partial charge < -0.3 is 4.98 Å². The van der Waals surface area contributed by atoms with E-state index in [0.717, 1.165) is 5.03 Å². The van der Waals surface area contributed by atoms with Gasteiger partial charge in [0.15, 0.2) is 0 Å². The van der Waals surface area contributed by atoms with Crippen LogP contribution in [-0.2, 0) is 0 Å². The first-order valence-corrected chi connectivity index (χ1v) is 5.44. The quantitative estimate of drug-likeness (QED) is 0.832. The Morgan fingerprint density at radius 3 is 2.67 bits per heavy atom. The van der Waals surface area contributed by atoms with E-state index in [-0.39, 0.29) is 0 Å². The lowest BCUT2D eigenvalue weighted by Gasteiger charge is -2.02. The van der Waals surface area contributed by atoms with Crippen molar-refractivity contribution in [2.75, 3.05) is 0 Å². The zero-order chi connectivity index (χ0) is 10.7. The van der Waals surface area contributed by atoms with Crippen molar-refractivity contribution in [2.24, 2.45) is 0 Å². The van der Waals surface area contributed by atoms with Gasteiger partial charge in [0, 0.05) is 4.90 Å². The molecule has 0 spiro atoms. The van der Waals surface area contributed by atoms with Crippen LogP contribution >= 0.6 is 11.8 Å². The van der Waals surface area contributed by atoms with Gasteiger partial charge >= 0.3 is 0 Å². The number of H-pyrrole nitrogens is 1. The molecule has 1 heterocycles. The summed E-state index contributed by atoms with van der Waals surface area (Å²) in [6.45, 7) is 2.08. The summed E-state index contributed by atoms with van der Waals surface area (Å²) in [6.07, 6.45) is 0. The molecule has 0 atom stereocenters. The molecule has 1 N–H and O–H groups in total. The van der Waals surface area contributed by atoms with Crippen molar-refractivity contribution in [3.05, 3.63) is 47.7 Å². The third-order valence-corrected chi connectivity index (χ3v) is 3.23. The number of hydrogen-bond donors (Lipinski definition) is 1. The summed E-state index contributed by atoms with van der Waals surface area (Å²) in [7, 11) is 0. The molecule has 0 fully saturated rings. The van der Waals surface area contributed by atoms with E-state index in [9.17, 15) is 0 Å². The smallest absolute Gasteiger partial charge is 0.118 e. The largest absolute Gasteiger partial charge is 0.341 e. The first kappa shape index (κ1) is 9.88. The van der Waals surface area contributed by atoms with E-state index in [1.54, 1.807) is 17.8 Å². The van der Waals surface area contributed by atoms with E-state index in [1.807, 2.05) is 18.2 Å². The van der Waals surface area contributed by atoms with Crippen molar-refractivity contribution in [3.63, 3.8) is 0 Å². The normalized spacial score (nSPS) is 9.87. The molecule has 0 saturated carbocycles. The van der Waals surface area contributed by atoms with Gasteiger partial charge in [-0.15, -0.1) is 0 Å². The molecule has 74 valence electrons. The van der Waals surface area contributed by atoms with Crippen molar-refractivity contribution < 1.29 is 0 Å². The summed E-state index contributed by atoms with van der Waals surface area (Å²) in [5.41, 5.74) is 1.85. The van der Waals surface area contributed by atoms with Crippen LogP contribution in [0.1, 0.15) is 11.3 Å². The zero-order valence-corrected chi connectivity index (χ0v) is 9.14. The molecule has 0 aliphatic carbocycles. The summed E-state index contributed by atoms with van der Waals surface area (Å²) in [5.74, 6) is 0. The molecule has 2 aromatic rings. The lowest BCUT2D eigenvalue weighted by Crippen LogP contribution is -1.79. The van der Waals surface area contributed by atoms with Crippen LogP contribution in [0.15, 0.2) is 46.3 Å². The van der Waals surface area contributed by atoms with Crippen molar-refractivity contribution in [1.29, 1.82) is 5.26 Å². The Hall–Kier alpha value is -1.66. The fourth-order valence-corrected chi connectivity index (χ4v) is 2.20. The van der Waals surface area contributed by atoms with Crippen LogP contribution in [0.4, 0.5) is 0 Å². The Morgan fingerprint density at radius 2 is 2.00 bits per heavy atom. The number of benzene rings is 1. The topological polar surface area (TPSA) is 39.6 Å². The molecule has 15 heavy (non-hydrogen) atoms. The average molecular weight is 214 g/mol. The summed E-state index contributed by atoms with van der Waals surface area (Å²) in [6, 6.07) is 14.0. The highest BCUT2D eigenvalue weighted by Gasteiger charge is 2.02. The number of aromatic nitrogens is 1. The molecule has 0 bridgehead atoms. The Bertz CT molecular complexity index is 508. The second-order valence-electron chi connectivity index (χ2n) is 3.22. The highest BCUT2D eigenvalue weighted by Crippen LogP contribution is 2.29. The maximum Gasteiger partial charge on any atom is 0.118 e. The van der Waals surface area contributed by atoms with E-state index in [1.165, 1.54) is 10.5 Å². The van der Waals surface area contributed by atoms with Gasteiger partial charge in [-0.2, -0.15) is 5.26 Å². The number of nitrogens with zero attached hydrogens (tertiary/aromatic N) is 1. The van der Waals surface area contributed by atoms with Gasteiger partial charge in [-0.3, -0.25) is 0 Å². The number of rotatable bonds is 2. The van der Waals surface area contributed by atoms with E-state index in [4.69, 9.17) is 5.26 Å². The first-order valence-electron chi connectivity index (χ1n) is 4.62. The number of aryl methyl sites for hydroxylation is 1.